The predicted molar refractivity (Wildman–Crippen MR) is 79.0 cm³/mol. The minimum atomic E-state index is -5.14. The minimum Gasteiger partial charge on any atom is -0.504 e. The summed E-state index contributed by atoms with van der Waals surface area (Å²) in [6.07, 6.45) is -0.786. The zero-order valence-electron chi connectivity index (χ0n) is 11.7. The van der Waals surface area contributed by atoms with E-state index in [1.54, 1.807) is 0 Å². The quantitative estimate of drug-likeness (QED) is 0.253. The lowest BCUT2D eigenvalue weighted by Crippen LogP contribution is -2.29. The molecule has 7 N–H and O–H groups in total. The fourth-order valence-electron chi connectivity index (χ4n) is 1.74. The highest BCUT2D eigenvalue weighted by Gasteiger charge is 2.44. The normalized spacial score (nSPS) is 12.4. The van der Waals surface area contributed by atoms with Crippen molar-refractivity contribution in [3.8, 4) is 11.5 Å². The van der Waals surface area contributed by atoms with Crippen molar-refractivity contribution in [3.05, 3.63) is 23.8 Å². The van der Waals surface area contributed by atoms with Crippen molar-refractivity contribution in [1.29, 1.82) is 0 Å². The molecule has 0 saturated heterocycles. The highest BCUT2D eigenvalue weighted by Crippen LogP contribution is 2.61. The van der Waals surface area contributed by atoms with Gasteiger partial charge in [0, 0.05) is 6.54 Å². The molecule has 0 radical (unpaired) electrons. The summed E-state index contributed by atoms with van der Waals surface area (Å²) in [5, 5.41) is 18.3. The maximum Gasteiger partial charge on any atom is 0.341 e. The fourth-order valence-corrected chi connectivity index (χ4v) is 4.12. The van der Waals surface area contributed by atoms with E-state index in [2.05, 4.69) is 5.32 Å². The summed E-state index contributed by atoms with van der Waals surface area (Å²) in [6.45, 7) is 0.0120. The molecule has 10 nitrogen and oxygen atoms in total. The van der Waals surface area contributed by atoms with E-state index in [1.165, 1.54) is 18.2 Å². The van der Waals surface area contributed by atoms with E-state index in [1.807, 2.05) is 0 Å². The number of hydrogen-bond donors (Lipinski definition) is 7. The molecular weight excluding hydrogens is 352 g/mol. The van der Waals surface area contributed by atoms with Crippen LogP contribution >= 0.6 is 15.2 Å². The Morgan fingerprint density at radius 2 is 1.61 bits per heavy atom. The molecule has 0 spiro atoms. The molecule has 0 unspecified atom stereocenters. The fraction of sp³-hybridized carbons (Fsp3) is 0.364. The van der Waals surface area contributed by atoms with Crippen LogP contribution in [-0.4, -0.2) is 47.6 Å². The number of carbonyl (C=O) groups excluding carboxylic acids is 1. The summed E-state index contributed by atoms with van der Waals surface area (Å²) >= 11 is 0. The SMILES string of the molecule is O=C(CC(P(=O)(O)O)P(=O)(O)O)NCCc1ccc(O)c(O)c1. The topological polar surface area (TPSA) is 185 Å². The summed E-state index contributed by atoms with van der Waals surface area (Å²) in [6, 6.07) is 4.02. The summed E-state index contributed by atoms with van der Waals surface area (Å²) in [5.74, 6) is -1.56. The molecule has 1 aromatic rings. The first kappa shape index (κ1) is 19.6. The van der Waals surface area contributed by atoms with Crippen LogP contribution in [0.4, 0.5) is 0 Å². The Bertz CT molecular complexity index is 643. The number of aromatic hydroxyl groups is 2. The van der Waals surface area contributed by atoms with E-state index >= 15 is 0 Å². The van der Waals surface area contributed by atoms with Crippen molar-refractivity contribution in [1.82, 2.24) is 5.32 Å². The van der Waals surface area contributed by atoms with E-state index in [0.29, 0.717) is 5.56 Å². The number of rotatable bonds is 7. The maximum absolute atomic E-state index is 11.6. The first-order valence-electron chi connectivity index (χ1n) is 6.29. The third kappa shape index (κ3) is 6.31. The van der Waals surface area contributed by atoms with Gasteiger partial charge in [-0.2, -0.15) is 0 Å². The van der Waals surface area contributed by atoms with Crippen molar-refractivity contribution in [3.63, 3.8) is 0 Å². The van der Waals surface area contributed by atoms with E-state index < -0.39 is 32.9 Å². The zero-order chi connectivity index (χ0) is 17.8. The lowest BCUT2D eigenvalue weighted by atomic mass is 10.1. The van der Waals surface area contributed by atoms with Crippen LogP contribution in [0.25, 0.3) is 0 Å². The van der Waals surface area contributed by atoms with Gasteiger partial charge in [0.2, 0.25) is 5.91 Å². The van der Waals surface area contributed by atoms with Crippen LogP contribution in [0.2, 0.25) is 0 Å². The molecule has 0 bridgehead atoms. The molecule has 0 fully saturated rings. The third-order valence-electron chi connectivity index (χ3n) is 2.92. The van der Waals surface area contributed by atoms with Gasteiger partial charge in [0.1, 0.15) is 0 Å². The smallest absolute Gasteiger partial charge is 0.341 e. The number of nitrogens with one attached hydrogen (secondary N) is 1. The first-order valence-corrected chi connectivity index (χ1v) is 9.65. The van der Waals surface area contributed by atoms with Crippen molar-refractivity contribution < 1.29 is 43.7 Å². The second-order valence-corrected chi connectivity index (χ2v) is 8.80. The number of benzene rings is 1. The van der Waals surface area contributed by atoms with Crippen LogP contribution in [0.1, 0.15) is 12.0 Å². The van der Waals surface area contributed by atoms with Gasteiger partial charge in [-0.05, 0) is 24.1 Å². The zero-order valence-corrected chi connectivity index (χ0v) is 13.5. The van der Waals surface area contributed by atoms with Crippen LogP contribution < -0.4 is 5.32 Å². The Morgan fingerprint density at radius 3 is 2.09 bits per heavy atom. The van der Waals surface area contributed by atoms with E-state index in [9.17, 15) is 19.0 Å². The molecule has 12 heteroatoms. The molecule has 0 aliphatic carbocycles. The summed E-state index contributed by atoms with van der Waals surface area (Å²) in [5.41, 5.74) is 0.571. The maximum atomic E-state index is 11.6. The van der Waals surface area contributed by atoms with E-state index in [0.717, 1.165) is 0 Å². The molecule has 0 aromatic heterocycles. The van der Waals surface area contributed by atoms with Gasteiger partial charge in [-0.3, -0.25) is 13.9 Å². The minimum absolute atomic E-state index is 0.0120. The van der Waals surface area contributed by atoms with Gasteiger partial charge < -0.3 is 35.1 Å². The van der Waals surface area contributed by atoms with Crippen molar-refractivity contribution in [2.75, 3.05) is 6.54 Å². The van der Waals surface area contributed by atoms with Crippen LogP contribution in [0.3, 0.4) is 0 Å². The van der Waals surface area contributed by atoms with Crippen LogP contribution in [0.5, 0.6) is 11.5 Å². The Hall–Kier alpha value is -1.41. The lowest BCUT2D eigenvalue weighted by molar-refractivity contribution is -0.121. The Balaban J connectivity index is 2.58. The molecule has 1 rings (SSSR count). The molecule has 0 atom stereocenters. The number of hydrogen-bond acceptors (Lipinski definition) is 5. The Morgan fingerprint density at radius 1 is 1.04 bits per heavy atom. The van der Waals surface area contributed by atoms with Gasteiger partial charge in [0.05, 0.1) is 6.42 Å². The molecule has 23 heavy (non-hydrogen) atoms. The highest BCUT2D eigenvalue weighted by molar-refractivity contribution is 7.70. The second-order valence-electron chi connectivity index (χ2n) is 4.79. The molecule has 0 aliphatic heterocycles. The number of phenols is 2. The lowest BCUT2D eigenvalue weighted by Gasteiger charge is -2.19. The average Bonchev–Trinajstić information content (AvgIpc) is 2.37. The average molecular weight is 369 g/mol. The summed E-state index contributed by atoms with van der Waals surface area (Å²) in [7, 11) is -10.3. The number of amides is 1. The Kier molecular flexibility index (Phi) is 6.35. The van der Waals surface area contributed by atoms with Crippen molar-refractivity contribution in [2.45, 2.75) is 18.2 Å². The largest absolute Gasteiger partial charge is 0.504 e. The predicted octanol–water partition coefficient (Wildman–Crippen LogP) is -0.172. The molecule has 0 saturated carbocycles. The summed E-state index contributed by atoms with van der Waals surface area (Å²) in [4.78, 5) is 47.2. The molecule has 0 heterocycles. The number of phenolic OH excluding ortho intramolecular Hbond substituents is 2. The highest BCUT2D eigenvalue weighted by atomic mass is 31.2. The van der Waals surface area contributed by atoms with Crippen molar-refractivity contribution >= 4 is 21.1 Å². The van der Waals surface area contributed by atoms with Gasteiger partial charge in [-0.15, -0.1) is 0 Å². The van der Waals surface area contributed by atoms with Gasteiger partial charge in [-0.1, -0.05) is 6.07 Å². The third-order valence-corrected chi connectivity index (χ3v) is 6.64. The molecule has 0 aliphatic rings. The van der Waals surface area contributed by atoms with Gasteiger partial charge in [-0.25, -0.2) is 0 Å². The van der Waals surface area contributed by atoms with Gasteiger partial charge >= 0.3 is 15.2 Å². The molecule has 1 aromatic carbocycles. The monoisotopic (exact) mass is 369 g/mol. The Labute approximate surface area is 131 Å². The van der Waals surface area contributed by atoms with Crippen LogP contribution in [0, 0.1) is 0 Å². The van der Waals surface area contributed by atoms with Gasteiger partial charge in [0.15, 0.2) is 16.9 Å². The van der Waals surface area contributed by atoms with Crippen LogP contribution in [0.15, 0.2) is 18.2 Å². The van der Waals surface area contributed by atoms with Gasteiger partial charge in [0.25, 0.3) is 0 Å². The van der Waals surface area contributed by atoms with E-state index in [4.69, 9.17) is 24.7 Å². The molecular formula is C11H17NO9P2. The molecule has 130 valence electrons. The second kappa shape index (κ2) is 7.44. The first-order chi connectivity index (χ1) is 10.4. The van der Waals surface area contributed by atoms with Crippen molar-refractivity contribution in [2.24, 2.45) is 0 Å². The molecule has 1 amide bonds. The number of carbonyl (C=O) groups is 1. The standard InChI is InChI=1S/C11H17NO9P2/c13-8-2-1-7(5-9(8)14)3-4-12-10(15)6-11(22(16,17)18)23(19,20)21/h1-2,5,11,13-14H,3-4,6H2,(H,12,15)(H2,16,17,18)(H2,19,20,21). The van der Waals surface area contributed by atoms with E-state index in [-0.39, 0.29) is 24.5 Å². The summed E-state index contributed by atoms with van der Waals surface area (Å²) < 4.78 is 22.1. The van der Waals surface area contributed by atoms with Crippen LogP contribution in [-0.2, 0) is 20.3 Å².